The first kappa shape index (κ1) is 20.7. The summed E-state index contributed by atoms with van der Waals surface area (Å²) in [6.45, 7) is 6.38. The van der Waals surface area contributed by atoms with E-state index in [1.165, 1.54) is 31.0 Å². The topological polar surface area (TPSA) is 81.9 Å². The molecule has 6 rings (SSSR count). The van der Waals surface area contributed by atoms with E-state index in [4.69, 9.17) is 0 Å². The molecular weight excluding hydrogens is 418 g/mol. The number of sulfone groups is 1. The van der Waals surface area contributed by atoms with Gasteiger partial charge in [0, 0.05) is 17.9 Å². The Morgan fingerprint density at radius 1 is 1.23 bits per heavy atom. The zero-order chi connectivity index (χ0) is 21.1. The summed E-state index contributed by atoms with van der Waals surface area (Å²) >= 11 is 1.49. The van der Waals surface area contributed by atoms with E-state index >= 15 is 0 Å². The molecule has 1 saturated heterocycles. The Kier molecular flexibility index (Phi) is 5.16. The third-order valence-corrected chi connectivity index (χ3v) is 10.7. The maximum atomic E-state index is 13.6. The Labute approximate surface area is 183 Å². The number of Topliss-reactive ketones (excluding diaryl/α,β-unsaturated/α-hetero) is 1. The number of hydrogen-bond donors (Lipinski definition) is 0. The smallest absolute Gasteiger partial charge is 0.192 e. The predicted molar refractivity (Wildman–Crippen MR) is 117 cm³/mol. The highest BCUT2D eigenvalue weighted by molar-refractivity contribution is 8.00. The molecule has 0 aromatic carbocycles. The van der Waals surface area contributed by atoms with E-state index in [1.807, 2.05) is 11.5 Å². The van der Waals surface area contributed by atoms with E-state index in [2.05, 4.69) is 16.8 Å². The molecule has 30 heavy (non-hydrogen) atoms. The number of thioether (sulfide) groups is 1. The van der Waals surface area contributed by atoms with Crippen molar-refractivity contribution >= 4 is 27.4 Å². The Bertz CT molecular complexity index is 933. The molecule has 4 aliphatic carbocycles. The lowest BCUT2D eigenvalue weighted by Crippen LogP contribution is -2.51. The van der Waals surface area contributed by atoms with Gasteiger partial charge in [0.25, 0.3) is 0 Å². The Hall–Kier alpha value is -1.15. The Balaban J connectivity index is 1.35. The van der Waals surface area contributed by atoms with Crippen LogP contribution in [0.2, 0.25) is 0 Å². The van der Waals surface area contributed by atoms with Crippen molar-refractivity contribution in [1.29, 1.82) is 0 Å². The van der Waals surface area contributed by atoms with E-state index in [0.717, 1.165) is 37.0 Å². The molecule has 2 unspecified atom stereocenters. The van der Waals surface area contributed by atoms with Crippen molar-refractivity contribution in [2.24, 2.45) is 23.2 Å². The van der Waals surface area contributed by atoms with Crippen LogP contribution in [0.25, 0.3) is 0 Å². The summed E-state index contributed by atoms with van der Waals surface area (Å²) in [4.78, 5) is 13.6. The fraction of sp³-hybridized carbons (Fsp3) is 0.773. The van der Waals surface area contributed by atoms with Crippen molar-refractivity contribution in [2.75, 3.05) is 11.5 Å². The van der Waals surface area contributed by atoms with Crippen molar-refractivity contribution < 1.29 is 13.2 Å². The Morgan fingerprint density at radius 2 is 1.87 bits per heavy atom. The normalized spacial score (nSPS) is 37.4. The first-order chi connectivity index (χ1) is 14.3. The van der Waals surface area contributed by atoms with E-state index < -0.39 is 9.84 Å². The average molecular weight is 450 g/mol. The summed E-state index contributed by atoms with van der Waals surface area (Å²) in [5, 5.41) is 9.27. The van der Waals surface area contributed by atoms with Gasteiger partial charge in [-0.05, 0) is 69.6 Å². The summed E-state index contributed by atoms with van der Waals surface area (Å²) < 4.78 is 25.8. The van der Waals surface area contributed by atoms with Gasteiger partial charge in [0.1, 0.15) is 5.82 Å². The molecule has 8 heteroatoms. The van der Waals surface area contributed by atoms with Gasteiger partial charge >= 0.3 is 0 Å². The molecule has 1 aromatic heterocycles. The molecule has 1 aliphatic heterocycles. The van der Waals surface area contributed by atoms with E-state index in [-0.39, 0.29) is 28.1 Å². The van der Waals surface area contributed by atoms with Crippen molar-refractivity contribution in [3.8, 4) is 0 Å². The number of hydrogen-bond acceptors (Lipinski definition) is 6. The molecule has 164 valence electrons. The highest BCUT2D eigenvalue weighted by atomic mass is 32.2. The molecule has 0 radical (unpaired) electrons. The van der Waals surface area contributed by atoms with Crippen molar-refractivity contribution in [3.05, 3.63) is 18.5 Å². The van der Waals surface area contributed by atoms with Gasteiger partial charge in [-0.1, -0.05) is 17.8 Å². The minimum atomic E-state index is -3.00. The molecule has 6 nitrogen and oxygen atoms in total. The summed E-state index contributed by atoms with van der Waals surface area (Å²) in [7, 11) is -3.00. The quantitative estimate of drug-likeness (QED) is 0.467. The van der Waals surface area contributed by atoms with Crippen LogP contribution in [-0.4, -0.2) is 45.7 Å². The standard InChI is InChI=1S/C22H31N3O3S2/c1-3-5-25-20(18-4-6-30(27,28)13-18)23-24-21(25)29-14(2)19(26)22-10-15-7-16(11-22)9-17(8-15)12-22/h3,14-18H,1,4-13H2,2H3. The lowest BCUT2D eigenvalue weighted by molar-refractivity contribution is -0.143. The number of carbonyl (C=O) groups excluding carboxylic acids is 1. The van der Waals surface area contributed by atoms with Gasteiger partial charge in [-0.15, -0.1) is 16.8 Å². The van der Waals surface area contributed by atoms with Crippen LogP contribution in [0.1, 0.15) is 63.6 Å². The third kappa shape index (κ3) is 3.57. The van der Waals surface area contributed by atoms with E-state index in [1.54, 1.807) is 6.08 Å². The molecule has 0 N–H and O–H groups in total. The van der Waals surface area contributed by atoms with Gasteiger partial charge in [-0.2, -0.15) is 0 Å². The molecule has 5 aliphatic rings. The maximum Gasteiger partial charge on any atom is 0.192 e. The number of carbonyl (C=O) groups is 1. The third-order valence-electron chi connectivity index (χ3n) is 7.87. The van der Waals surface area contributed by atoms with Crippen molar-refractivity contribution in [2.45, 2.75) is 74.7 Å². The van der Waals surface area contributed by atoms with Gasteiger partial charge < -0.3 is 4.57 Å². The molecule has 2 heterocycles. The number of aromatic nitrogens is 3. The minimum Gasteiger partial charge on any atom is -0.302 e. The molecule has 2 atom stereocenters. The lowest BCUT2D eigenvalue weighted by Gasteiger charge is -2.56. The van der Waals surface area contributed by atoms with Crippen LogP contribution in [0.5, 0.6) is 0 Å². The van der Waals surface area contributed by atoms with Gasteiger partial charge in [-0.25, -0.2) is 8.42 Å². The lowest BCUT2D eigenvalue weighted by atomic mass is 9.48. The Morgan fingerprint density at radius 3 is 2.40 bits per heavy atom. The summed E-state index contributed by atoms with van der Waals surface area (Å²) in [5.74, 6) is 3.58. The van der Waals surface area contributed by atoms with E-state index in [0.29, 0.717) is 29.7 Å². The van der Waals surface area contributed by atoms with E-state index in [9.17, 15) is 13.2 Å². The molecule has 5 fully saturated rings. The van der Waals surface area contributed by atoms with Crippen LogP contribution in [0.4, 0.5) is 0 Å². The maximum absolute atomic E-state index is 13.6. The monoisotopic (exact) mass is 449 g/mol. The van der Waals surface area contributed by atoms with Crippen molar-refractivity contribution in [1.82, 2.24) is 14.8 Å². The zero-order valence-corrected chi connectivity index (χ0v) is 19.3. The van der Waals surface area contributed by atoms with Crippen molar-refractivity contribution in [3.63, 3.8) is 0 Å². The predicted octanol–water partition coefficient (Wildman–Crippen LogP) is 3.63. The SMILES string of the molecule is C=CCn1c(SC(C)C(=O)C23CC4CC(CC(C4)C2)C3)nnc1C1CCS(=O)(=O)C1. The zero-order valence-electron chi connectivity index (χ0n) is 17.6. The molecule has 4 saturated carbocycles. The van der Waals surface area contributed by atoms with Gasteiger partial charge in [0.15, 0.2) is 20.8 Å². The van der Waals surface area contributed by atoms with Crippen LogP contribution in [-0.2, 0) is 21.2 Å². The van der Waals surface area contributed by atoms with Crippen LogP contribution >= 0.6 is 11.8 Å². The second-order valence-corrected chi connectivity index (χ2v) is 13.7. The van der Waals surface area contributed by atoms with Crippen LogP contribution in [0.15, 0.2) is 17.8 Å². The second kappa shape index (κ2) is 7.47. The summed E-state index contributed by atoms with van der Waals surface area (Å²) in [6, 6.07) is 0. The summed E-state index contributed by atoms with van der Waals surface area (Å²) in [6.07, 6.45) is 9.59. The number of rotatable bonds is 7. The average Bonchev–Trinajstić information content (AvgIpc) is 3.23. The largest absolute Gasteiger partial charge is 0.302 e. The second-order valence-electron chi connectivity index (χ2n) is 10.2. The first-order valence-corrected chi connectivity index (χ1v) is 13.9. The molecule has 0 spiro atoms. The van der Waals surface area contributed by atoms with Gasteiger partial charge in [-0.3, -0.25) is 4.79 Å². The fourth-order valence-electron chi connectivity index (χ4n) is 7.04. The molecule has 4 bridgehead atoms. The van der Waals surface area contributed by atoms with Crippen LogP contribution in [0, 0.1) is 23.2 Å². The highest BCUT2D eigenvalue weighted by Crippen LogP contribution is 2.61. The highest BCUT2D eigenvalue weighted by Gasteiger charge is 2.55. The number of ketones is 1. The molecular formula is C22H31N3O3S2. The molecule has 0 amide bonds. The molecule has 1 aromatic rings. The fourth-order valence-corrected chi connectivity index (χ4v) is 9.84. The summed E-state index contributed by atoms with van der Waals surface area (Å²) in [5.41, 5.74) is -0.118. The van der Waals surface area contributed by atoms with Crippen LogP contribution in [0.3, 0.4) is 0 Å². The first-order valence-electron chi connectivity index (χ1n) is 11.2. The minimum absolute atomic E-state index is 0.118. The van der Waals surface area contributed by atoms with Gasteiger partial charge in [0.2, 0.25) is 0 Å². The van der Waals surface area contributed by atoms with Crippen LogP contribution < -0.4 is 0 Å². The number of nitrogens with zero attached hydrogens (tertiary/aromatic N) is 3. The number of allylic oxidation sites excluding steroid dienone is 1. The van der Waals surface area contributed by atoms with Gasteiger partial charge in [0.05, 0.1) is 16.8 Å².